The van der Waals surface area contributed by atoms with Crippen LogP contribution in [-0.2, 0) is 13.2 Å². The van der Waals surface area contributed by atoms with E-state index in [2.05, 4.69) is 27.9 Å². The van der Waals surface area contributed by atoms with Gasteiger partial charge in [-0.2, -0.15) is 0 Å². The molecule has 0 saturated carbocycles. The smallest absolute Gasteiger partial charge is 0.269 e. The fourth-order valence-corrected chi connectivity index (χ4v) is 3.70. The average molecular weight is 525 g/mol. The summed E-state index contributed by atoms with van der Waals surface area (Å²) in [5.74, 6) is 1.29. The molecule has 0 bridgehead atoms. The molecular formula is C21H18ClIN2O4. The topological polar surface area (TPSA) is 73.6 Å². The zero-order chi connectivity index (χ0) is 20.8. The number of non-ortho nitro benzene ring substituents is 1. The fraction of sp³-hybridized carbons (Fsp3) is 0.143. The lowest BCUT2D eigenvalue weighted by Gasteiger charge is -2.15. The van der Waals surface area contributed by atoms with E-state index in [1.54, 1.807) is 19.2 Å². The summed E-state index contributed by atoms with van der Waals surface area (Å²) in [5.41, 5.74) is 2.75. The highest BCUT2D eigenvalue weighted by Crippen LogP contribution is 2.35. The molecule has 29 heavy (non-hydrogen) atoms. The minimum Gasteiger partial charge on any atom is -0.493 e. The molecule has 0 radical (unpaired) electrons. The van der Waals surface area contributed by atoms with Crippen LogP contribution in [0.25, 0.3) is 0 Å². The lowest BCUT2D eigenvalue weighted by Crippen LogP contribution is -2.04. The van der Waals surface area contributed by atoms with Crippen LogP contribution in [0.3, 0.4) is 0 Å². The lowest BCUT2D eigenvalue weighted by molar-refractivity contribution is -0.384. The van der Waals surface area contributed by atoms with Gasteiger partial charge in [0.1, 0.15) is 6.61 Å². The number of nitro groups is 1. The standard InChI is InChI=1S/C21H18ClIN2O4/c1-28-20-11-14(12-24-16-6-8-17(9-7-16)25(26)27)10-19(23)21(20)29-13-15-4-2-3-5-18(15)22/h2-11,24H,12-13H2,1H3. The summed E-state index contributed by atoms with van der Waals surface area (Å²) >= 11 is 8.41. The van der Waals surface area contributed by atoms with E-state index in [0.29, 0.717) is 29.7 Å². The number of methoxy groups -OCH3 is 1. The third-order valence-electron chi connectivity index (χ3n) is 4.19. The van der Waals surface area contributed by atoms with Gasteiger partial charge in [0.15, 0.2) is 11.5 Å². The van der Waals surface area contributed by atoms with E-state index in [1.807, 2.05) is 36.4 Å². The van der Waals surface area contributed by atoms with Crippen molar-refractivity contribution < 1.29 is 14.4 Å². The van der Waals surface area contributed by atoms with Crippen LogP contribution in [0.5, 0.6) is 11.5 Å². The van der Waals surface area contributed by atoms with Crippen LogP contribution in [0, 0.1) is 13.7 Å². The number of rotatable bonds is 8. The highest BCUT2D eigenvalue weighted by molar-refractivity contribution is 14.1. The van der Waals surface area contributed by atoms with Crippen molar-refractivity contribution in [2.75, 3.05) is 12.4 Å². The molecule has 0 spiro atoms. The van der Waals surface area contributed by atoms with E-state index < -0.39 is 4.92 Å². The van der Waals surface area contributed by atoms with Gasteiger partial charge in [0.05, 0.1) is 15.6 Å². The highest BCUT2D eigenvalue weighted by atomic mass is 127. The molecule has 150 valence electrons. The van der Waals surface area contributed by atoms with E-state index in [4.69, 9.17) is 21.1 Å². The summed E-state index contributed by atoms with van der Waals surface area (Å²) in [6, 6.07) is 17.8. The van der Waals surface area contributed by atoms with Crippen molar-refractivity contribution >= 4 is 45.6 Å². The van der Waals surface area contributed by atoms with Gasteiger partial charge < -0.3 is 14.8 Å². The van der Waals surface area contributed by atoms with Crippen molar-refractivity contribution in [2.24, 2.45) is 0 Å². The summed E-state index contributed by atoms with van der Waals surface area (Å²) in [6.07, 6.45) is 0. The molecule has 0 aromatic heterocycles. The number of nitrogens with zero attached hydrogens (tertiary/aromatic N) is 1. The molecule has 0 aliphatic heterocycles. The molecular weight excluding hydrogens is 507 g/mol. The number of halogens is 2. The van der Waals surface area contributed by atoms with Gasteiger partial charge in [0.25, 0.3) is 5.69 Å². The van der Waals surface area contributed by atoms with Crippen LogP contribution in [0.4, 0.5) is 11.4 Å². The van der Waals surface area contributed by atoms with E-state index in [9.17, 15) is 10.1 Å². The van der Waals surface area contributed by atoms with Gasteiger partial charge in [-0.25, -0.2) is 0 Å². The Kier molecular flexibility index (Phi) is 7.16. The predicted octanol–water partition coefficient (Wildman–Crippen LogP) is 6.05. The molecule has 0 atom stereocenters. The summed E-state index contributed by atoms with van der Waals surface area (Å²) in [6.45, 7) is 0.876. The Morgan fingerprint density at radius 2 is 1.86 bits per heavy atom. The second-order valence-corrected chi connectivity index (χ2v) is 7.72. The third kappa shape index (κ3) is 5.51. The van der Waals surface area contributed by atoms with Gasteiger partial charge >= 0.3 is 0 Å². The summed E-state index contributed by atoms with van der Waals surface area (Å²) in [5, 5.41) is 14.7. The summed E-state index contributed by atoms with van der Waals surface area (Å²) in [7, 11) is 1.60. The Balaban J connectivity index is 1.70. The second kappa shape index (κ2) is 9.80. The number of hydrogen-bond donors (Lipinski definition) is 1. The molecule has 3 aromatic rings. The SMILES string of the molecule is COc1cc(CNc2ccc([N+](=O)[O-])cc2)cc(I)c1OCc1ccccc1Cl. The van der Waals surface area contributed by atoms with Crippen LogP contribution in [0.15, 0.2) is 60.7 Å². The second-order valence-electron chi connectivity index (χ2n) is 6.15. The van der Waals surface area contributed by atoms with E-state index in [-0.39, 0.29) is 5.69 Å². The van der Waals surface area contributed by atoms with Crippen molar-refractivity contribution in [1.82, 2.24) is 0 Å². The molecule has 0 amide bonds. The molecule has 0 unspecified atom stereocenters. The maximum atomic E-state index is 10.7. The summed E-state index contributed by atoms with van der Waals surface area (Å²) < 4.78 is 12.4. The maximum absolute atomic E-state index is 10.7. The molecule has 0 aliphatic carbocycles. The zero-order valence-electron chi connectivity index (χ0n) is 15.5. The van der Waals surface area contributed by atoms with Crippen molar-refractivity contribution in [3.8, 4) is 11.5 Å². The summed E-state index contributed by atoms with van der Waals surface area (Å²) in [4.78, 5) is 10.3. The minimum absolute atomic E-state index is 0.0618. The molecule has 3 rings (SSSR count). The molecule has 3 aromatic carbocycles. The highest BCUT2D eigenvalue weighted by Gasteiger charge is 2.13. The predicted molar refractivity (Wildman–Crippen MR) is 122 cm³/mol. The van der Waals surface area contributed by atoms with Crippen LogP contribution < -0.4 is 14.8 Å². The number of hydrogen-bond acceptors (Lipinski definition) is 5. The van der Waals surface area contributed by atoms with Gasteiger partial charge in [-0.3, -0.25) is 10.1 Å². The molecule has 1 N–H and O–H groups in total. The first kappa shape index (κ1) is 21.2. The van der Waals surface area contributed by atoms with Crippen LogP contribution >= 0.6 is 34.2 Å². The molecule has 6 nitrogen and oxygen atoms in total. The lowest BCUT2D eigenvalue weighted by atomic mass is 10.2. The quantitative estimate of drug-likeness (QED) is 0.221. The first-order chi connectivity index (χ1) is 14.0. The van der Waals surface area contributed by atoms with Crippen molar-refractivity contribution in [3.05, 3.63) is 90.5 Å². The Bertz CT molecular complexity index is 1010. The van der Waals surface area contributed by atoms with Gasteiger partial charge in [0.2, 0.25) is 0 Å². The fourth-order valence-electron chi connectivity index (χ4n) is 2.69. The molecule has 0 aliphatic rings. The normalized spacial score (nSPS) is 10.4. The van der Waals surface area contributed by atoms with Gasteiger partial charge in [-0.15, -0.1) is 0 Å². The van der Waals surface area contributed by atoms with Crippen molar-refractivity contribution in [1.29, 1.82) is 0 Å². The Hall–Kier alpha value is -2.52. The van der Waals surface area contributed by atoms with Crippen LogP contribution in [0.2, 0.25) is 5.02 Å². The van der Waals surface area contributed by atoms with Crippen molar-refractivity contribution in [2.45, 2.75) is 13.2 Å². The molecule has 0 fully saturated rings. The Morgan fingerprint density at radius 3 is 2.52 bits per heavy atom. The first-order valence-corrected chi connectivity index (χ1v) is 10.1. The number of benzene rings is 3. The molecule has 0 saturated heterocycles. The number of nitro benzene ring substituents is 1. The van der Waals surface area contributed by atoms with Gasteiger partial charge in [-0.05, 0) is 58.5 Å². The van der Waals surface area contributed by atoms with Crippen LogP contribution in [-0.4, -0.2) is 12.0 Å². The Labute approximate surface area is 187 Å². The minimum atomic E-state index is -0.418. The molecule has 8 heteroatoms. The average Bonchev–Trinajstić information content (AvgIpc) is 2.72. The number of ether oxygens (including phenoxy) is 2. The first-order valence-electron chi connectivity index (χ1n) is 8.69. The Morgan fingerprint density at radius 1 is 1.14 bits per heavy atom. The number of nitrogens with one attached hydrogen (secondary N) is 1. The monoisotopic (exact) mass is 524 g/mol. The molecule has 0 heterocycles. The van der Waals surface area contributed by atoms with Crippen molar-refractivity contribution in [3.63, 3.8) is 0 Å². The van der Waals surface area contributed by atoms with E-state index in [1.165, 1.54) is 12.1 Å². The van der Waals surface area contributed by atoms with Gasteiger partial charge in [-0.1, -0.05) is 29.8 Å². The van der Waals surface area contributed by atoms with E-state index in [0.717, 1.165) is 20.4 Å². The maximum Gasteiger partial charge on any atom is 0.269 e. The number of anilines is 1. The third-order valence-corrected chi connectivity index (χ3v) is 5.36. The van der Waals surface area contributed by atoms with Crippen LogP contribution in [0.1, 0.15) is 11.1 Å². The zero-order valence-corrected chi connectivity index (χ0v) is 18.4. The van der Waals surface area contributed by atoms with Gasteiger partial charge in [0, 0.05) is 35.0 Å². The van der Waals surface area contributed by atoms with E-state index >= 15 is 0 Å². The largest absolute Gasteiger partial charge is 0.493 e.